The molecule has 0 unspecified atom stereocenters. The Kier molecular flexibility index (Phi) is 4.21. The molecular formula is C24H12O8Sn. The third-order valence-electron chi connectivity index (χ3n) is 5.56. The Balaban J connectivity index is 1.53. The molecule has 0 N–H and O–H groups in total. The molecule has 8 nitrogen and oxygen atoms in total. The Morgan fingerprint density at radius 3 is 0.970 bits per heavy atom. The number of benzene rings is 4. The van der Waals surface area contributed by atoms with Gasteiger partial charge in [0.1, 0.15) is 0 Å². The fourth-order valence-corrected chi connectivity index (χ4v) is 8.72. The van der Waals surface area contributed by atoms with Gasteiger partial charge in [-0.1, -0.05) is 0 Å². The van der Waals surface area contributed by atoms with E-state index in [1.54, 1.807) is 48.5 Å². The van der Waals surface area contributed by atoms with Crippen LogP contribution in [-0.2, 0) is 12.3 Å². The zero-order valence-corrected chi connectivity index (χ0v) is 19.5. The first-order valence-electron chi connectivity index (χ1n) is 9.93. The van der Waals surface area contributed by atoms with Gasteiger partial charge in [0.15, 0.2) is 0 Å². The summed E-state index contributed by atoms with van der Waals surface area (Å²) in [6, 6.07) is 19.4. The molecule has 160 valence electrons. The van der Waals surface area contributed by atoms with Crippen LogP contribution < -0.4 is 0 Å². The monoisotopic (exact) mass is 548 g/mol. The van der Waals surface area contributed by atoms with Gasteiger partial charge in [-0.05, 0) is 0 Å². The summed E-state index contributed by atoms with van der Waals surface area (Å²) in [6.07, 6.45) is 0. The molecule has 6 rings (SSSR count). The van der Waals surface area contributed by atoms with Crippen LogP contribution in [0.1, 0.15) is 41.4 Å². The van der Waals surface area contributed by atoms with Gasteiger partial charge in [-0.25, -0.2) is 0 Å². The first-order chi connectivity index (χ1) is 16.0. The molecule has 0 amide bonds. The Morgan fingerprint density at radius 2 is 0.697 bits per heavy atom. The first kappa shape index (κ1) is 19.7. The Morgan fingerprint density at radius 1 is 0.424 bits per heavy atom. The molecule has 2 aliphatic heterocycles. The van der Waals surface area contributed by atoms with Crippen LogP contribution in [-0.4, -0.2) is 43.9 Å². The molecule has 1 spiro atoms. The summed E-state index contributed by atoms with van der Waals surface area (Å²) < 4.78 is 21.9. The van der Waals surface area contributed by atoms with Crippen molar-refractivity contribution in [1.29, 1.82) is 0 Å². The van der Waals surface area contributed by atoms with E-state index >= 15 is 0 Å². The number of hydrogen-bond acceptors (Lipinski definition) is 8. The molecule has 0 saturated carbocycles. The van der Waals surface area contributed by atoms with Gasteiger partial charge in [0.05, 0.1) is 0 Å². The summed E-state index contributed by atoms with van der Waals surface area (Å²) in [4.78, 5) is 52.5. The van der Waals surface area contributed by atoms with Crippen molar-refractivity contribution in [3.63, 3.8) is 0 Å². The van der Waals surface area contributed by atoms with Gasteiger partial charge >= 0.3 is 192 Å². The van der Waals surface area contributed by atoms with Crippen molar-refractivity contribution in [2.75, 3.05) is 0 Å². The Hall–Kier alpha value is -3.92. The van der Waals surface area contributed by atoms with Crippen LogP contribution in [0.15, 0.2) is 72.8 Å². The van der Waals surface area contributed by atoms with E-state index < -0.39 is 43.9 Å². The summed E-state index contributed by atoms with van der Waals surface area (Å²) in [5.41, 5.74) is 0.305. The molecular weight excluding hydrogens is 535 g/mol. The van der Waals surface area contributed by atoms with E-state index in [4.69, 9.17) is 12.3 Å². The molecule has 9 heteroatoms. The van der Waals surface area contributed by atoms with E-state index in [9.17, 15) is 19.2 Å². The molecule has 2 aliphatic rings. The Bertz CT molecular complexity index is 1330. The van der Waals surface area contributed by atoms with Crippen molar-refractivity contribution in [1.82, 2.24) is 0 Å². The zero-order valence-electron chi connectivity index (χ0n) is 16.7. The van der Waals surface area contributed by atoms with E-state index in [0.717, 1.165) is 0 Å². The van der Waals surface area contributed by atoms with Crippen molar-refractivity contribution < 1.29 is 31.5 Å². The van der Waals surface area contributed by atoms with E-state index in [-0.39, 0.29) is 22.3 Å². The second-order valence-corrected chi connectivity index (χ2v) is 12.7. The minimum absolute atomic E-state index is 0.0764. The molecule has 0 bridgehead atoms. The SMILES string of the molecule is O=C1[O][Sn]2([O]C(=O)c3cccc4cccc1c34)[O]C(=O)c1cccc3cccc(c13)C(=O)[O]2. The third kappa shape index (κ3) is 2.98. The van der Waals surface area contributed by atoms with Crippen LogP contribution in [0.2, 0.25) is 0 Å². The van der Waals surface area contributed by atoms with Gasteiger partial charge in [-0.15, -0.1) is 0 Å². The minimum atomic E-state index is -5.93. The van der Waals surface area contributed by atoms with E-state index in [1.807, 2.05) is 0 Å². The number of rotatable bonds is 0. The van der Waals surface area contributed by atoms with Gasteiger partial charge in [-0.2, -0.15) is 0 Å². The first-order valence-corrected chi connectivity index (χ1v) is 14.6. The topological polar surface area (TPSA) is 105 Å². The van der Waals surface area contributed by atoms with Gasteiger partial charge in [0, 0.05) is 0 Å². The Labute approximate surface area is 191 Å². The predicted molar refractivity (Wildman–Crippen MR) is 115 cm³/mol. The molecule has 4 aromatic carbocycles. The summed E-state index contributed by atoms with van der Waals surface area (Å²) >= 11 is -5.93. The van der Waals surface area contributed by atoms with Crippen molar-refractivity contribution in [2.45, 2.75) is 0 Å². The molecule has 0 aromatic heterocycles. The van der Waals surface area contributed by atoms with E-state index in [0.29, 0.717) is 21.5 Å². The summed E-state index contributed by atoms with van der Waals surface area (Å²) in [7, 11) is 0. The van der Waals surface area contributed by atoms with Crippen molar-refractivity contribution in [2.24, 2.45) is 0 Å². The average Bonchev–Trinajstić information content (AvgIpc) is 2.81. The summed E-state index contributed by atoms with van der Waals surface area (Å²) in [5, 5.41) is 1.93. The van der Waals surface area contributed by atoms with Crippen LogP contribution in [0.3, 0.4) is 0 Å². The molecule has 0 radical (unpaired) electrons. The molecule has 4 aromatic rings. The van der Waals surface area contributed by atoms with Gasteiger partial charge < -0.3 is 0 Å². The van der Waals surface area contributed by atoms with Crippen LogP contribution in [0.25, 0.3) is 21.5 Å². The standard InChI is InChI=1S/2C12H8O4.Sn/c2*13-11(14)8-5-1-3-7-4-2-6-9(10(7)8)12(15)16;/h2*1-6H,(H,13,14)(H,15,16);/q;;+4/p-4. The predicted octanol–water partition coefficient (Wildman–Crippen LogP) is 3.78. The summed E-state index contributed by atoms with van der Waals surface area (Å²) in [6.45, 7) is 0. The van der Waals surface area contributed by atoms with Crippen LogP contribution in [0.4, 0.5) is 0 Å². The third-order valence-corrected chi connectivity index (χ3v) is 10.5. The molecule has 0 fully saturated rings. The van der Waals surface area contributed by atoms with Crippen LogP contribution >= 0.6 is 0 Å². The second kappa shape index (κ2) is 7.04. The average molecular weight is 547 g/mol. The summed E-state index contributed by atoms with van der Waals surface area (Å²) in [5.74, 6) is -3.65. The van der Waals surface area contributed by atoms with E-state index in [2.05, 4.69) is 0 Å². The van der Waals surface area contributed by atoms with Gasteiger partial charge in [0.2, 0.25) is 0 Å². The second-order valence-electron chi connectivity index (χ2n) is 7.48. The zero-order chi connectivity index (χ0) is 22.7. The van der Waals surface area contributed by atoms with Crippen molar-refractivity contribution >= 4 is 65.5 Å². The number of hydrogen-bond donors (Lipinski definition) is 0. The molecule has 0 aliphatic carbocycles. The number of carbonyl (C=O) groups excluding carboxylic acids is 4. The van der Waals surface area contributed by atoms with Crippen molar-refractivity contribution in [3.05, 3.63) is 95.1 Å². The number of carbonyl (C=O) groups is 4. The fourth-order valence-electron chi connectivity index (χ4n) is 4.16. The van der Waals surface area contributed by atoms with Crippen LogP contribution in [0.5, 0.6) is 0 Å². The fraction of sp³-hybridized carbons (Fsp3) is 0. The van der Waals surface area contributed by atoms with Gasteiger partial charge in [0.25, 0.3) is 0 Å². The van der Waals surface area contributed by atoms with Gasteiger partial charge in [-0.3, -0.25) is 0 Å². The van der Waals surface area contributed by atoms with Crippen LogP contribution in [0, 0.1) is 0 Å². The van der Waals surface area contributed by atoms with Crippen molar-refractivity contribution in [3.8, 4) is 0 Å². The quantitative estimate of drug-likeness (QED) is 0.307. The molecule has 0 atom stereocenters. The maximum absolute atomic E-state index is 13.1. The van der Waals surface area contributed by atoms with E-state index in [1.165, 1.54) is 24.3 Å². The molecule has 0 saturated heterocycles. The maximum atomic E-state index is 13.1. The molecule has 33 heavy (non-hydrogen) atoms. The normalized spacial score (nSPS) is 16.7. The molecule has 2 heterocycles.